The standard InChI is InChI=1S/C29H34N2O4/c1-20-6-4-5-7-22(20)19-35-23-10-8-21(9-11-23)24-16-27(33)31(30-12-14-34-15-13-30)25-17-29(2,3)18-26(32)28(24)25/h4-11,24H,12-19H2,1-3H3. The normalized spacial score (nSPS) is 22.8. The number of morpholine rings is 1. The smallest absolute Gasteiger partial charge is 0.242 e. The minimum Gasteiger partial charge on any atom is -0.489 e. The second-order valence-corrected chi connectivity index (χ2v) is 10.6. The lowest BCUT2D eigenvalue weighted by atomic mass is 9.69. The number of carbonyl (C=O) groups excluding carboxylic acids is 2. The fourth-order valence-corrected chi connectivity index (χ4v) is 5.50. The van der Waals surface area contributed by atoms with Crippen molar-refractivity contribution in [2.45, 2.75) is 52.6 Å². The Labute approximate surface area is 207 Å². The summed E-state index contributed by atoms with van der Waals surface area (Å²) in [5.41, 5.74) is 4.87. The number of nitrogens with zero attached hydrogens (tertiary/aromatic N) is 2. The van der Waals surface area contributed by atoms with Crippen LogP contribution in [0, 0.1) is 12.3 Å². The van der Waals surface area contributed by atoms with E-state index in [9.17, 15) is 9.59 Å². The number of benzene rings is 2. The molecular weight excluding hydrogens is 440 g/mol. The zero-order chi connectivity index (χ0) is 24.6. The Morgan fingerprint density at radius 3 is 2.43 bits per heavy atom. The van der Waals surface area contributed by atoms with E-state index in [0.717, 1.165) is 28.1 Å². The summed E-state index contributed by atoms with van der Waals surface area (Å²) in [6, 6.07) is 16.1. The Bertz CT molecular complexity index is 1150. The number of ketones is 1. The Hall–Kier alpha value is -2.96. The van der Waals surface area contributed by atoms with Gasteiger partial charge in [-0.1, -0.05) is 50.2 Å². The lowest BCUT2D eigenvalue weighted by Crippen LogP contribution is -2.55. The van der Waals surface area contributed by atoms with E-state index in [1.54, 1.807) is 0 Å². The van der Waals surface area contributed by atoms with E-state index in [1.165, 1.54) is 5.56 Å². The molecule has 1 saturated heterocycles. The first-order chi connectivity index (χ1) is 16.8. The number of Topliss-reactive ketones (excluding diaryl/α,β-unsaturated/α-hetero) is 1. The van der Waals surface area contributed by atoms with Gasteiger partial charge in [-0.25, -0.2) is 10.0 Å². The maximum absolute atomic E-state index is 13.5. The van der Waals surface area contributed by atoms with Gasteiger partial charge in [0.15, 0.2) is 5.78 Å². The van der Waals surface area contributed by atoms with Crippen molar-refractivity contribution in [3.8, 4) is 5.75 Å². The lowest BCUT2D eigenvalue weighted by Gasteiger charge is -2.47. The van der Waals surface area contributed by atoms with Gasteiger partial charge < -0.3 is 9.47 Å². The molecule has 0 aromatic heterocycles. The molecule has 0 radical (unpaired) electrons. The Morgan fingerprint density at radius 2 is 1.71 bits per heavy atom. The zero-order valence-electron chi connectivity index (χ0n) is 20.9. The number of ether oxygens (including phenoxy) is 2. The van der Waals surface area contributed by atoms with Gasteiger partial charge in [0.1, 0.15) is 12.4 Å². The first kappa shape index (κ1) is 23.8. The quantitative estimate of drug-likeness (QED) is 0.624. The van der Waals surface area contributed by atoms with Gasteiger partial charge in [0.25, 0.3) is 0 Å². The molecule has 6 heteroatoms. The number of hydrazine groups is 1. The molecule has 0 saturated carbocycles. The molecular formula is C29H34N2O4. The average Bonchev–Trinajstić information content (AvgIpc) is 2.83. The number of amides is 1. The molecule has 0 N–H and O–H groups in total. The van der Waals surface area contributed by atoms with E-state index in [0.29, 0.717) is 52.2 Å². The maximum Gasteiger partial charge on any atom is 0.242 e. The summed E-state index contributed by atoms with van der Waals surface area (Å²) in [6.07, 6.45) is 1.52. The molecule has 1 amide bonds. The molecule has 1 fully saturated rings. The highest BCUT2D eigenvalue weighted by atomic mass is 16.5. The Balaban J connectivity index is 1.42. The van der Waals surface area contributed by atoms with Gasteiger partial charge in [-0.05, 0) is 47.6 Å². The van der Waals surface area contributed by atoms with Gasteiger partial charge in [-0.2, -0.15) is 0 Å². The topological polar surface area (TPSA) is 59.1 Å². The monoisotopic (exact) mass is 474 g/mol. The Morgan fingerprint density at radius 1 is 1.00 bits per heavy atom. The van der Waals surface area contributed by atoms with E-state index < -0.39 is 0 Å². The molecule has 35 heavy (non-hydrogen) atoms. The molecule has 184 valence electrons. The summed E-state index contributed by atoms with van der Waals surface area (Å²) < 4.78 is 11.5. The number of hydrogen-bond donors (Lipinski definition) is 0. The highest BCUT2D eigenvalue weighted by Crippen LogP contribution is 2.47. The molecule has 2 aliphatic heterocycles. The van der Waals surface area contributed by atoms with Crippen LogP contribution in [-0.4, -0.2) is 48.0 Å². The van der Waals surface area contributed by atoms with Crippen LogP contribution in [-0.2, 0) is 20.9 Å². The maximum atomic E-state index is 13.5. The van der Waals surface area contributed by atoms with Crippen molar-refractivity contribution >= 4 is 11.7 Å². The Kier molecular flexibility index (Phi) is 6.51. The summed E-state index contributed by atoms with van der Waals surface area (Å²) in [5, 5.41) is 3.88. The molecule has 5 rings (SSSR count). The third kappa shape index (κ3) is 4.91. The number of carbonyl (C=O) groups is 2. The van der Waals surface area contributed by atoms with Gasteiger partial charge in [-0.15, -0.1) is 0 Å². The average molecular weight is 475 g/mol. The summed E-state index contributed by atoms with van der Waals surface area (Å²) in [6.45, 7) is 9.32. The third-order valence-electron chi connectivity index (χ3n) is 7.32. The first-order valence-corrected chi connectivity index (χ1v) is 12.5. The molecule has 0 spiro atoms. The van der Waals surface area contributed by atoms with Crippen molar-refractivity contribution < 1.29 is 19.1 Å². The predicted octanol–water partition coefficient (Wildman–Crippen LogP) is 4.78. The van der Waals surface area contributed by atoms with E-state index in [-0.39, 0.29) is 23.0 Å². The van der Waals surface area contributed by atoms with Crippen LogP contribution < -0.4 is 4.74 Å². The molecule has 1 unspecified atom stereocenters. The van der Waals surface area contributed by atoms with Crippen LogP contribution in [0.25, 0.3) is 0 Å². The van der Waals surface area contributed by atoms with Crippen LogP contribution >= 0.6 is 0 Å². The third-order valence-corrected chi connectivity index (χ3v) is 7.32. The van der Waals surface area contributed by atoms with Gasteiger partial charge in [-0.3, -0.25) is 9.59 Å². The molecule has 1 aliphatic carbocycles. The SMILES string of the molecule is Cc1ccccc1COc1ccc(C2CC(=O)N(N3CCOCC3)C3=C2C(=O)CC(C)(C)C3)cc1. The van der Waals surface area contributed by atoms with Crippen LogP contribution in [0.4, 0.5) is 0 Å². The summed E-state index contributed by atoms with van der Waals surface area (Å²) >= 11 is 0. The van der Waals surface area contributed by atoms with E-state index >= 15 is 0 Å². The van der Waals surface area contributed by atoms with Crippen molar-refractivity contribution in [1.29, 1.82) is 0 Å². The molecule has 3 aliphatic rings. The van der Waals surface area contributed by atoms with E-state index in [4.69, 9.17) is 9.47 Å². The largest absolute Gasteiger partial charge is 0.489 e. The number of rotatable bonds is 5. The minimum atomic E-state index is -0.219. The number of hydrogen-bond acceptors (Lipinski definition) is 5. The fraction of sp³-hybridized carbons (Fsp3) is 0.448. The van der Waals surface area contributed by atoms with Crippen molar-refractivity contribution in [2.24, 2.45) is 5.41 Å². The molecule has 2 aromatic carbocycles. The molecule has 2 heterocycles. The van der Waals surface area contributed by atoms with Crippen molar-refractivity contribution in [1.82, 2.24) is 10.0 Å². The predicted molar refractivity (Wildman–Crippen MR) is 134 cm³/mol. The summed E-state index contributed by atoms with van der Waals surface area (Å²) in [7, 11) is 0. The summed E-state index contributed by atoms with van der Waals surface area (Å²) in [5.74, 6) is 0.774. The molecule has 6 nitrogen and oxygen atoms in total. The highest BCUT2D eigenvalue weighted by molar-refractivity contribution is 6.02. The van der Waals surface area contributed by atoms with Crippen molar-refractivity contribution in [3.63, 3.8) is 0 Å². The number of aryl methyl sites for hydroxylation is 1. The van der Waals surface area contributed by atoms with Gasteiger partial charge in [0.05, 0.1) is 13.2 Å². The van der Waals surface area contributed by atoms with Crippen LogP contribution in [0.3, 0.4) is 0 Å². The van der Waals surface area contributed by atoms with Crippen LogP contribution in [0.1, 0.15) is 55.7 Å². The van der Waals surface area contributed by atoms with Crippen LogP contribution in [0.15, 0.2) is 59.8 Å². The first-order valence-electron chi connectivity index (χ1n) is 12.5. The highest BCUT2D eigenvalue weighted by Gasteiger charge is 2.45. The van der Waals surface area contributed by atoms with Crippen LogP contribution in [0.2, 0.25) is 0 Å². The van der Waals surface area contributed by atoms with Gasteiger partial charge in [0.2, 0.25) is 5.91 Å². The second kappa shape index (κ2) is 9.59. The summed E-state index contributed by atoms with van der Waals surface area (Å²) in [4.78, 5) is 26.9. The second-order valence-electron chi connectivity index (χ2n) is 10.6. The van der Waals surface area contributed by atoms with Gasteiger partial charge in [0, 0.05) is 43.1 Å². The van der Waals surface area contributed by atoms with E-state index in [1.807, 2.05) is 41.4 Å². The molecule has 1 atom stereocenters. The number of allylic oxidation sites excluding steroid dienone is 2. The van der Waals surface area contributed by atoms with E-state index in [2.05, 4.69) is 37.9 Å². The van der Waals surface area contributed by atoms with Crippen molar-refractivity contribution in [3.05, 3.63) is 76.5 Å². The zero-order valence-corrected chi connectivity index (χ0v) is 20.9. The van der Waals surface area contributed by atoms with Gasteiger partial charge >= 0.3 is 0 Å². The van der Waals surface area contributed by atoms with Crippen LogP contribution in [0.5, 0.6) is 5.75 Å². The van der Waals surface area contributed by atoms with Crippen molar-refractivity contribution in [2.75, 3.05) is 26.3 Å². The molecule has 0 bridgehead atoms. The minimum absolute atomic E-state index is 0.0565. The fourth-order valence-electron chi connectivity index (χ4n) is 5.50. The molecule has 2 aromatic rings. The lowest BCUT2D eigenvalue weighted by molar-refractivity contribution is -0.154.